The minimum atomic E-state index is -0.468. The number of nitrogens with zero attached hydrogens (tertiary/aromatic N) is 2. The number of hydrogen-bond acceptors (Lipinski definition) is 4. The van der Waals surface area contributed by atoms with Gasteiger partial charge in [0.1, 0.15) is 0 Å². The number of amides is 1. The maximum atomic E-state index is 12.9. The largest absolute Gasteiger partial charge is 0.347 e. The molecule has 4 rings (SSSR count). The molecule has 1 aliphatic heterocycles. The number of hydrogen-bond donors (Lipinski definition) is 2. The van der Waals surface area contributed by atoms with Crippen molar-refractivity contribution in [3.63, 3.8) is 0 Å². The van der Waals surface area contributed by atoms with E-state index in [1.807, 2.05) is 18.2 Å². The number of nitrogens with one attached hydrogen (secondary N) is 2. The molecule has 0 aliphatic carbocycles. The van der Waals surface area contributed by atoms with E-state index >= 15 is 0 Å². The number of carbonyl (C=O) groups excluding carboxylic acids is 1. The lowest BCUT2D eigenvalue weighted by Crippen LogP contribution is -2.39. The summed E-state index contributed by atoms with van der Waals surface area (Å²) in [6, 6.07) is 15.0. The third-order valence-corrected chi connectivity index (χ3v) is 5.67. The zero-order valence-corrected chi connectivity index (χ0v) is 16.5. The van der Waals surface area contributed by atoms with Crippen molar-refractivity contribution in [3.8, 4) is 0 Å². The highest BCUT2D eigenvalue weighted by Gasteiger charge is 2.34. The van der Waals surface area contributed by atoms with Gasteiger partial charge in [0, 0.05) is 18.7 Å². The van der Waals surface area contributed by atoms with Crippen LogP contribution in [0.1, 0.15) is 35.3 Å². The fourth-order valence-corrected chi connectivity index (χ4v) is 4.17. The molecule has 2 heterocycles. The third-order valence-electron chi connectivity index (χ3n) is 5.67. The van der Waals surface area contributed by atoms with Gasteiger partial charge in [-0.2, -0.15) is 0 Å². The molecule has 150 valence electrons. The molecule has 0 bridgehead atoms. The standard InChI is InChI=1S/C22H24N4O3/c1-3-26-21(28)16-10-9-15(13-18(16)24-22(26)29)20(27)23-17-11-12-25(2)19(17)14-7-5-4-6-8-14/h4-10,13,17,19H,3,11-12H2,1-2H3,(H,23,27)(H,24,29)/t17-,19+/m1/s1. The zero-order chi connectivity index (χ0) is 20.5. The Kier molecular flexibility index (Phi) is 5.07. The van der Waals surface area contributed by atoms with Gasteiger partial charge in [0.25, 0.3) is 11.5 Å². The summed E-state index contributed by atoms with van der Waals surface area (Å²) in [6.45, 7) is 2.93. The van der Waals surface area contributed by atoms with Crippen LogP contribution in [-0.2, 0) is 6.54 Å². The number of fused-ring (bicyclic) bond motifs is 1. The summed E-state index contributed by atoms with van der Waals surface area (Å²) in [7, 11) is 2.06. The average molecular weight is 392 g/mol. The van der Waals surface area contributed by atoms with Crippen LogP contribution in [0, 0.1) is 0 Å². The number of likely N-dealkylation sites (N-methyl/N-ethyl adjacent to an activating group) is 1. The first-order valence-corrected chi connectivity index (χ1v) is 9.82. The molecule has 29 heavy (non-hydrogen) atoms. The molecule has 2 atom stereocenters. The summed E-state index contributed by atoms with van der Waals surface area (Å²) in [6.07, 6.45) is 0.855. The van der Waals surface area contributed by atoms with Gasteiger partial charge in [-0.15, -0.1) is 0 Å². The average Bonchev–Trinajstić information content (AvgIpc) is 3.08. The van der Waals surface area contributed by atoms with Crippen LogP contribution in [0.4, 0.5) is 0 Å². The molecule has 0 radical (unpaired) electrons. The van der Waals surface area contributed by atoms with E-state index in [2.05, 4.69) is 34.4 Å². The predicted molar refractivity (Wildman–Crippen MR) is 112 cm³/mol. The Morgan fingerprint density at radius 2 is 1.93 bits per heavy atom. The van der Waals surface area contributed by atoms with Crippen LogP contribution in [0.3, 0.4) is 0 Å². The van der Waals surface area contributed by atoms with Crippen molar-refractivity contribution in [1.82, 2.24) is 19.8 Å². The second-order valence-electron chi connectivity index (χ2n) is 7.44. The molecule has 2 N–H and O–H groups in total. The van der Waals surface area contributed by atoms with E-state index in [0.29, 0.717) is 23.0 Å². The van der Waals surface area contributed by atoms with E-state index in [0.717, 1.165) is 17.5 Å². The van der Waals surface area contributed by atoms with E-state index < -0.39 is 5.69 Å². The highest BCUT2D eigenvalue weighted by Crippen LogP contribution is 2.31. The van der Waals surface area contributed by atoms with Crippen molar-refractivity contribution in [2.45, 2.75) is 32.0 Å². The highest BCUT2D eigenvalue weighted by molar-refractivity contribution is 5.97. The molecule has 1 aliphatic rings. The van der Waals surface area contributed by atoms with Gasteiger partial charge in [0.05, 0.1) is 23.0 Å². The van der Waals surface area contributed by atoms with Crippen molar-refractivity contribution in [1.29, 1.82) is 0 Å². The lowest BCUT2D eigenvalue weighted by molar-refractivity contribution is 0.0928. The first-order chi connectivity index (χ1) is 14.0. The van der Waals surface area contributed by atoms with E-state index in [-0.39, 0.29) is 23.6 Å². The Morgan fingerprint density at radius 1 is 1.17 bits per heavy atom. The van der Waals surface area contributed by atoms with Crippen LogP contribution in [0.15, 0.2) is 58.1 Å². The number of H-pyrrole nitrogens is 1. The number of aromatic amines is 1. The van der Waals surface area contributed by atoms with Crippen LogP contribution in [-0.4, -0.2) is 40.0 Å². The van der Waals surface area contributed by atoms with Gasteiger partial charge >= 0.3 is 5.69 Å². The molecular formula is C22H24N4O3. The number of likely N-dealkylation sites (tertiary alicyclic amines) is 1. The molecule has 1 fully saturated rings. The van der Waals surface area contributed by atoms with E-state index in [4.69, 9.17) is 0 Å². The normalized spacial score (nSPS) is 19.5. The van der Waals surface area contributed by atoms with Crippen molar-refractivity contribution in [3.05, 3.63) is 80.5 Å². The molecule has 1 saturated heterocycles. The molecule has 3 aromatic rings. The SMILES string of the molecule is CCn1c(=O)[nH]c2cc(C(=O)N[C@@H]3CCN(C)[C@H]3c3ccccc3)ccc2c1=O. The Bertz CT molecular complexity index is 1170. The topological polar surface area (TPSA) is 87.2 Å². The number of rotatable bonds is 4. The number of carbonyl (C=O) groups is 1. The maximum absolute atomic E-state index is 12.9. The van der Waals surface area contributed by atoms with Gasteiger partial charge in [-0.3, -0.25) is 19.1 Å². The quantitative estimate of drug-likeness (QED) is 0.710. The van der Waals surface area contributed by atoms with Crippen LogP contribution >= 0.6 is 0 Å². The smallest absolute Gasteiger partial charge is 0.328 e. The number of aromatic nitrogens is 2. The van der Waals surface area contributed by atoms with Crippen LogP contribution in [0.2, 0.25) is 0 Å². The van der Waals surface area contributed by atoms with Crippen LogP contribution < -0.4 is 16.6 Å². The maximum Gasteiger partial charge on any atom is 0.328 e. The van der Waals surface area contributed by atoms with Crippen molar-refractivity contribution in [2.24, 2.45) is 0 Å². The highest BCUT2D eigenvalue weighted by atomic mass is 16.2. The molecule has 7 nitrogen and oxygen atoms in total. The molecular weight excluding hydrogens is 368 g/mol. The Hall–Kier alpha value is -3.19. The lowest BCUT2D eigenvalue weighted by atomic mass is 10.00. The summed E-state index contributed by atoms with van der Waals surface area (Å²) < 4.78 is 1.14. The van der Waals surface area contributed by atoms with Crippen LogP contribution in [0.5, 0.6) is 0 Å². The second-order valence-corrected chi connectivity index (χ2v) is 7.44. The van der Waals surface area contributed by atoms with Crippen molar-refractivity contribution in [2.75, 3.05) is 13.6 Å². The summed E-state index contributed by atoms with van der Waals surface area (Å²) in [5.74, 6) is -0.214. The van der Waals surface area contributed by atoms with Gasteiger partial charge in [0.2, 0.25) is 0 Å². The molecule has 7 heteroatoms. The first kappa shape index (κ1) is 19.1. The monoisotopic (exact) mass is 392 g/mol. The van der Waals surface area contributed by atoms with Gasteiger partial charge < -0.3 is 10.3 Å². The molecule has 0 saturated carbocycles. The summed E-state index contributed by atoms with van der Waals surface area (Å²) in [5.41, 5.74) is 1.15. The lowest BCUT2D eigenvalue weighted by Gasteiger charge is -2.26. The van der Waals surface area contributed by atoms with Gasteiger partial charge in [0.15, 0.2) is 0 Å². The minimum Gasteiger partial charge on any atom is -0.347 e. The Morgan fingerprint density at radius 3 is 2.66 bits per heavy atom. The van der Waals surface area contributed by atoms with Gasteiger partial charge in [-0.05, 0) is 44.2 Å². The fraction of sp³-hybridized carbons (Fsp3) is 0.318. The number of benzene rings is 2. The predicted octanol–water partition coefficient (Wildman–Crippen LogP) is 1.88. The molecule has 1 amide bonds. The molecule has 2 aromatic carbocycles. The van der Waals surface area contributed by atoms with Crippen molar-refractivity contribution >= 4 is 16.8 Å². The third kappa shape index (κ3) is 3.49. The summed E-state index contributed by atoms with van der Waals surface area (Å²) in [5, 5.41) is 3.53. The van der Waals surface area contributed by atoms with E-state index in [9.17, 15) is 14.4 Å². The Balaban J connectivity index is 1.62. The zero-order valence-electron chi connectivity index (χ0n) is 16.5. The van der Waals surface area contributed by atoms with Crippen LogP contribution in [0.25, 0.3) is 10.9 Å². The second kappa shape index (κ2) is 7.67. The van der Waals surface area contributed by atoms with E-state index in [1.54, 1.807) is 25.1 Å². The van der Waals surface area contributed by atoms with Gasteiger partial charge in [-0.25, -0.2) is 4.79 Å². The summed E-state index contributed by atoms with van der Waals surface area (Å²) in [4.78, 5) is 42.4. The summed E-state index contributed by atoms with van der Waals surface area (Å²) >= 11 is 0. The molecule has 0 unspecified atom stereocenters. The minimum absolute atomic E-state index is 0.0160. The van der Waals surface area contributed by atoms with Crippen molar-refractivity contribution < 1.29 is 4.79 Å². The van der Waals surface area contributed by atoms with Gasteiger partial charge in [-0.1, -0.05) is 30.3 Å². The molecule has 1 aromatic heterocycles. The first-order valence-electron chi connectivity index (χ1n) is 9.82. The fourth-order valence-electron chi connectivity index (χ4n) is 4.17. The molecule has 0 spiro atoms. The Labute approximate surface area is 168 Å². The van der Waals surface area contributed by atoms with E-state index in [1.165, 1.54) is 5.56 Å².